The fraction of sp³-hybridized carbons (Fsp3) is 0.250. The van der Waals surface area contributed by atoms with Gasteiger partial charge in [0.15, 0.2) is 0 Å². The van der Waals surface area contributed by atoms with Crippen LogP contribution in [0, 0.1) is 3.57 Å². The van der Waals surface area contributed by atoms with E-state index in [1.165, 1.54) is 9.13 Å². The highest BCUT2D eigenvalue weighted by Crippen LogP contribution is 2.16. The van der Waals surface area contributed by atoms with Crippen molar-refractivity contribution in [3.63, 3.8) is 0 Å². The van der Waals surface area contributed by atoms with Crippen LogP contribution in [0.5, 0.6) is 0 Å². The lowest BCUT2D eigenvalue weighted by Crippen LogP contribution is -2.29. The quantitative estimate of drug-likeness (QED) is 0.506. The average Bonchev–Trinajstić information content (AvgIpc) is 2.75. The highest BCUT2D eigenvalue weighted by atomic mass is 127. The standard InChI is InChI=1S/C12H15IN4/c1-17-7-12(15-8-17)11(16-14)6-9-2-4-10(13)5-3-9/h2-5,7-8,11,16H,6,14H2,1H3. The monoisotopic (exact) mass is 342 g/mol. The Hall–Kier alpha value is -0.920. The summed E-state index contributed by atoms with van der Waals surface area (Å²) in [5.41, 5.74) is 5.03. The number of rotatable bonds is 4. The van der Waals surface area contributed by atoms with Gasteiger partial charge in [0.25, 0.3) is 0 Å². The molecular formula is C12H15IN4. The van der Waals surface area contributed by atoms with Gasteiger partial charge in [-0.2, -0.15) is 0 Å². The molecule has 1 heterocycles. The molecule has 1 aromatic carbocycles. The van der Waals surface area contributed by atoms with E-state index < -0.39 is 0 Å². The largest absolute Gasteiger partial charge is 0.340 e. The van der Waals surface area contributed by atoms with Crippen molar-refractivity contribution in [3.8, 4) is 0 Å². The maximum absolute atomic E-state index is 5.59. The van der Waals surface area contributed by atoms with Gasteiger partial charge in [0, 0.05) is 16.8 Å². The van der Waals surface area contributed by atoms with Gasteiger partial charge in [0.05, 0.1) is 18.1 Å². The van der Waals surface area contributed by atoms with E-state index >= 15 is 0 Å². The van der Waals surface area contributed by atoms with Crippen LogP contribution in [-0.4, -0.2) is 9.55 Å². The van der Waals surface area contributed by atoms with Crippen LogP contribution in [0.1, 0.15) is 17.3 Å². The molecule has 0 radical (unpaired) electrons. The number of imidazole rings is 1. The summed E-state index contributed by atoms with van der Waals surface area (Å²) in [6.45, 7) is 0. The smallest absolute Gasteiger partial charge is 0.0947 e. The van der Waals surface area contributed by atoms with Crippen molar-refractivity contribution in [2.24, 2.45) is 12.9 Å². The predicted octanol–water partition coefficient (Wildman–Crippen LogP) is 1.77. The fourth-order valence-corrected chi connectivity index (χ4v) is 2.08. The number of nitrogens with one attached hydrogen (secondary N) is 1. The molecule has 0 fully saturated rings. The molecule has 0 spiro atoms. The maximum atomic E-state index is 5.59. The zero-order valence-corrected chi connectivity index (χ0v) is 11.8. The van der Waals surface area contributed by atoms with Gasteiger partial charge in [-0.1, -0.05) is 12.1 Å². The van der Waals surface area contributed by atoms with Gasteiger partial charge in [-0.15, -0.1) is 0 Å². The van der Waals surface area contributed by atoms with E-state index in [1.54, 1.807) is 6.33 Å². The second-order valence-electron chi connectivity index (χ2n) is 4.01. The molecule has 1 unspecified atom stereocenters. The zero-order chi connectivity index (χ0) is 12.3. The molecule has 3 N–H and O–H groups in total. The summed E-state index contributed by atoms with van der Waals surface area (Å²) in [6, 6.07) is 8.49. The van der Waals surface area contributed by atoms with Crippen molar-refractivity contribution >= 4 is 22.6 Å². The first kappa shape index (κ1) is 12.5. The molecular weight excluding hydrogens is 327 g/mol. The van der Waals surface area contributed by atoms with Crippen molar-refractivity contribution in [1.82, 2.24) is 15.0 Å². The van der Waals surface area contributed by atoms with Crippen LogP contribution in [-0.2, 0) is 13.5 Å². The van der Waals surface area contributed by atoms with Crippen molar-refractivity contribution in [3.05, 3.63) is 51.6 Å². The number of hydrogen-bond donors (Lipinski definition) is 2. The number of nitrogens with zero attached hydrogens (tertiary/aromatic N) is 2. The Kier molecular flexibility index (Phi) is 4.14. The van der Waals surface area contributed by atoms with Gasteiger partial charge in [-0.3, -0.25) is 11.3 Å². The molecule has 1 atom stereocenters. The molecule has 1 aromatic heterocycles. The third-order valence-corrected chi connectivity index (χ3v) is 3.36. The highest BCUT2D eigenvalue weighted by Gasteiger charge is 2.12. The Balaban J connectivity index is 2.12. The average molecular weight is 342 g/mol. The summed E-state index contributed by atoms with van der Waals surface area (Å²) in [6.07, 6.45) is 4.61. The first-order valence-corrected chi connectivity index (χ1v) is 6.45. The summed E-state index contributed by atoms with van der Waals surface area (Å²) in [5.74, 6) is 5.59. The number of hydrogen-bond acceptors (Lipinski definition) is 3. The summed E-state index contributed by atoms with van der Waals surface area (Å²) in [5, 5.41) is 0. The van der Waals surface area contributed by atoms with E-state index in [0.717, 1.165) is 12.1 Å². The predicted molar refractivity (Wildman–Crippen MR) is 76.1 cm³/mol. The number of nitrogens with two attached hydrogens (primary N) is 1. The van der Waals surface area contributed by atoms with Gasteiger partial charge in [-0.25, -0.2) is 4.98 Å². The van der Waals surface area contributed by atoms with Gasteiger partial charge in [0.1, 0.15) is 0 Å². The number of hydrazine groups is 1. The summed E-state index contributed by atoms with van der Waals surface area (Å²) < 4.78 is 3.16. The van der Waals surface area contributed by atoms with Gasteiger partial charge < -0.3 is 4.57 Å². The first-order valence-electron chi connectivity index (χ1n) is 5.37. The Bertz CT molecular complexity index is 478. The molecule has 2 rings (SSSR count). The van der Waals surface area contributed by atoms with Gasteiger partial charge >= 0.3 is 0 Å². The molecule has 4 nitrogen and oxygen atoms in total. The lowest BCUT2D eigenvalue weighted by Gasteiger charge is -2.13. The van der Waals surface area contributed by atoms with Gasteiger partial charge in [-0.05, 0) is 46.7 Å². The van der Waals surface area contributed by atoms with E-state index in [-0.39, 0.29) is 6.04 Å². The van der Waals surface area contributed by atoms with Crippen molar-refractivity contribution in [2.45, 2.75) is 12.5 Å². The Morgan fingerprint density at radius 1 is 1.41 bits per heavy atom. The molecule has 0 amide bonds. The number of benzene rings is 1. The molecule has 2 aromatic rings. The Morgan fingerprint density at radius 2 is 2.12 bits per heavy atom. The lowest BCUT2D eigenvalue weighted by molar-refractivity contribution is 0.540. The van der Waals surface area contributed by atoms with E-state index in [4.69, 9.17) is 5.84 Å². The molecule has 0 bridgehead atoms. The van der Waals surface area contributed by atoms with Gasteiger partial charge in [0.2, 0.25) is 0 Å². The van der Waals surface area contributed by atoms with Crippen LogP contribution in [0.15, 0.2) is 36.8 Å². The lowest BCUT2D eigenvalue weighted by atomic mass is 10.0. The van der Waals surface area contributed by atoms with Crippen LogP contribution in [0.3, 0.4) is 0 Å². The normalized spacial score (nSPS) is 12.6. The van der Waals surface area contributed by atoms with E-state index in [0.29, 0.717) is 0 Å². The number of aryl methyl sites for hydroxylation is 1. The molecule has 90 valence electrons. The van der Waals surface area contributed by atoms with Crippen molar-refractivity contribution < 1.29 is 0 Å². The topological polar surface area (TPSA) is 55.9 Å². The maximum Gasteiger partial charge on any atom is 0.0947 e. The summed E-state index contributed by atoms with van der Waals surface area (Å²) >= 11 is 2.30. The summed E-state index contributed by atoms with van der Waals surface area (Å²) in [4.78, 5) is 4.32. The molecule has 0 aliphatic carbocycles. The second-order valence-corrected chi connectivity index (χ2v) is 5.26. The zero-order valence-electron chi connectivity index (χ0n) is 9.60. The highest BCUT2D eigenvalue weighted by molar-refractivity contribution is 14.1. The SMILES string of the molecule is Cn1cnc(C(Cc2ccc(I)cc2)NN)c1. The number of aromatic nitrogens is 2. The van der Waals surface area contributed by atoms with Crippen LogP contribution in [0.25, 0.3) is 0 Å². The third kappa shape index (κ3) is 3.27. The molecule has 0 saturated carbocycles. The molecule has 5 heteroatoms. The van der Waals surface area contributed by atoms with Crippen LogP contribution < -0.4 is 11.3 Å². The first-order chi connectivity index (χ1) is 8.19. The second kappa shape index (κ2) is 5.61. The Morgan fingerprint density at radius 3 is 2.65 bits per heavy atom. The minimum atomic E-state index is 0.0521. The summed E-state index contributed by atoms with van der Waals surface area (Å²) in [7, 11) is 1.95. The third-order valence-electron chi connectivity index (χ3n) is 2.64. The van der Waals surface area contributed by atoms with Crippen molar-refractivity contribution in [2.75, 3.05) is 0 Å². The van der Waals surface area contributed by atoms with Crippen LogP contribution in [0.4, 0.5) is 0 Å². The van der Waals surface area contributed by atoms with Crippen LogP contribution >= 0.6 is 22.6 Å². The minimum absolute atomic E-state index is 0.0521. The number of halogens is 1. The molecule has 0 saturated heterocycles. The molecule has 0 aliphatic rings. The molecule has 17 heavy (non-hydrogen) atoms. The van der Waals surface area contributed by atoms with Crippen molar-refractivity contribution in [1.29, 1.82) is 0 Å². The molecule has 0 aliphatic heterocycles. The van der Waals surface area contributed by atoms with Crippen LogP contribution in [0.2, 0.25) is 0 Å². The fourth-order valence-electron chi connectivity index (χ4n) is 1.72. The Labute approximate surface area is 114 Å². The van der Waals surface area contributed by atoms with E-state index in [9.17, 15) is 0 Å². The van der Waals surface area contributed by atoms with E-state index in [2.05, 4.69) is 57.3 Å². The minimum Gasteiger partial charge on any atom is -0.340 e. The van der Waals surface area contributed by atoms with E-state index in [1.807, 2.05) is 17.8 Å².